The van der Waals surface area contributed by atoms with E-state index in [0.29, 0.717) is 22.7 Å². The molecule has 0 saturated carbocycles. The van der Waals surface area contributed by atoms with Crippen molar-refractivity contribution in [1.82, 2.24) is 9.97 Å². The molecule has 1 aromatic carbocycles. The van der Waals surface area contributed by atoms with Gasteiger partial charge in [0.2, 0.25) is 0 Å². The summed E-state index contributed by atoms with van der Waals surface area (Å²) < 4.78 is 0. The van der Waals surface area contributed by atoms with Crippen LogP contribution in [0.1, 0.15) is 61.9 Å². The molecule has 0 amide bonds. The molecule has 2 aromatic heterocycles. The van der Waals surface area contributed by atoms with E-state index in [4.69, 9.17) is 4.98 Å². The van der Waals surface area contributed by atoms with Gasteiger partial charge in [-0.3, -0.25) is 4.79 Å². The van der Waals surface area contributed by atoms with Gasteiger partial charge in [-0.2, -0.15) is 5.26 Å². The van der Waals surface area contributed by atoms with E-state index in [1.54, 1.807) is 17.4 Å². The molecule has 2 heterocycles. The largest absolute Gasteiger partial charge is 0.372 e. The number of benzene rings is 1. The lowest BCUT2D eigenvalue weighted by atomic mass is 9.89. The Morgan fingerprint density at radius 3 is 2.66 bits per heavy atom. The second-order valence-corrected chi connectivity index (χ2v) is 9.78. The van der Waals surface area contributed by atoms with Crippen LogP contribution >= 0.6 is 11.3 Å². The minimum atomic E-state index is -0.136. The van der Waals surface area contributed by atoms with Gasteiger partial charge in [0.25, 0.3) is 5.56 Å². The highest BCUT2D eigenvalue weighted by Gasteiger charge is 2.23. The van der Waals surface area contributed by atoms with Crippen LogP contribution in [-0.4, -0.2) is 23.1 Å². The summed E-state index contributed by atoms with van der Waals surface area (Å²) >= 11 is 1.61. The first-order chi connectivity index (χ1) is 15.5. The predicted molar refractivity (Wildman–Crippen MR) is 134 cm³/mol. The Labute approximate surface area is 193 Å². The van der Waals surface area contributed by atoms with Crippen LogP contribution in [0, 0.1) is 17.2 Å². The molecular formula is C26H30N4OS. The Morgan fingerprint density at radius 1 is 1.28 bits per heavy atom. The molecule has 1 unspecified atom stereocenters. The number of nitrogens with zero attached hydrogens (tertiary/aromatic N) is 3. The lowest BCUT2D eigenvalue weighted by molar-refractivity contribution is 0.509. The van der Waals surface area contributed by atoms with Crippen LogP contribution in [0.2, 0.25) is 0 Å². The lowest BCUT2D eigenvalue weighted by Crippen LogP contribution is -2.24. The van der Waals surface area contributed by atoms with Gasteiger partial charge in [-0.05, 0) is 67.4 Å². The molecular weight excluding hydrogens is 416 g/mol. The first-order valence-electron chi connectivity index (χ1n) is 11.6. The summed E-state index contributed by atoms with van der Waals surface area (Å²) in [4.78, 5) is 24.9. The highest BCUT2D eigenvalue weighted by atomic mass is 32.1. The number of allylic oxidation sites excluding steroid dienone is 1. The predicted octanol–water partition coefficient (Wildman–Crippen LogP) is 5.80. The topological polar surface area (TPSA) is 72.8 Å². The van der Waals surface area contributed by atoms with Crippen LogP contribution in [-0.2, 0) is 12.8 Å². The zero-order chi connectivity index (χ0) is 22.7. The number of anilines is 1. The van der Waals surface area contributed by atoms with Gasteiger partial charge in [-0.1, -0.05) is 32.9 Å². The second kappa shape index (κ2) is 9.70. The van der Waals surface area contributed by atoms with Crippen LogP contribution in [0.5, 0.6) is 0 Å². The number of hydrogen-bond acceptors (Lipinski definition) is 5. The number of H-pyrrole nitrogens is 1. The fourth-order valence-electron chi connectivity index (χ4n) is 4.49. The second-order valence-electron chi connectivity index (χ2n) is 8.69. The molecule has 5 nitrogen and oxygen atoms in total. The van der Waals surface area contributed by atoms with E-state index < -0.39 is 0 Å². The van der Waals surface area contributed by atoms with Gasteiger partial charge >= 0.3 is 0 Å². The van der Waals surface area contributed by atoms with Crippen molar-refractivity contribution >= 4 is 38.9 Å². The van der Waals surface area contributed by atoms with Gasteiger partial charge < -0.3 is 9.88 Å². The van der Waals surface area contributed by atoms with Crippen molar-refractivity contribution in [2.24, 2.45) is 5.92 Å². The van der Waals surface area contributed by atoms with E-state index in [1.807, 2.05) is 12.1 Å². The minimum absolute atomic E-state index is 0.136. The summed E-state index contributed by atoms with van der Waals surface area (Å²) in [7, 11) is 0. The number of nitriles is 1. The van der Waals surface area contributed by atoms with Crippen molar-refractivity contribution in [2.75, 3.05) is 18.0 Å². The van der Waals surface area contributed by atoms with E-state index in [9.17, 15) is 10.1 Å². The van der Waals surface area contributed by atoms with Crippen molar-refractivity contribution in [1.29, 1.82) is 5.26 Å². The molecule has 0 aliphatic heterocycles. The number of fused-ring (bicyclic) bond motifs is 3. The Bertz CT molecular complexity index is 1220. The third-order valence-electron chi connectivity index (χ3n) is 6.10. The first kappa shape index (κ1) is 22.3. The number of aromatic nitrogens is 2. The summed E-state index contributed by atoms with van der Waals surface area (Å²) in [6.45, 7) is 8.69. The van der Waals surface area contributed by atoms with E-state index in [1.165, 1.54) is 10.6 Å². The third kappa shape index (κ3) is 4.49. The van der Waals surface area contributed by atoms with Gasteiger partial charge in [0.15, 0.2) is 5.82 Å². The molecule has 4 rings (SSSR count). The van der Waals surface area contributed by atoms with Gasteiger partial charge in [-0.15, -0.1) is 11.3 Å². The van der Waals surface area contributed by atoms with Crippen LogP contribution in [0.4, 0.5) is 5.69 Å². The van der Waals surface area contributed by atoms with Crippen molar-refractivity contribution < 1.29 is 0 Å². The molecule has 1 N–H and O–H groups in total. The summed E-state index contributed by atoms with van der Waals surface area (Å²) in [5.41, 5.74) is 3.50. The fraction of sp³-hybridized carbons (Fsp3) is 0.423. The maximum absolute atomic E-state index is 12.9. The molecule has 0 fully saturated rings. The molecule has 1 aliphatic rings. The minimum Gasteiger partial charge on any atom is -0.372 e. The van der Waals surface area contributed by atoms with Crippen LogP contribution in [0.15, 0.2) is 29.1 Å². The Hall–Kier alpha value is -2.91. The Kier molecular flexibility index (Phi) is 6.76. The molecule has 0 saturated heterocycles. The smallest absolute Gasteiger partial charge is 0.260 e. The van der Waals surface area contributed by atoms with E-state index >= 15 is 0 Å². The lowest BCUT2D eigenvalue weighted by Gasteiger charge is -2.23. The number of thiophene rings is 1. The monoisotopic (exact) mass is 446 g/mol. The van der Waals surface area contributed by atoms with Crippen molar-refractivity contribution in [3.8, 4) is 6.07 Å². The molecule has 166 valence electrons. The summed E-state index contributed by atoms with van der Waals surface area (Å²) in [5.74, 6) is 0.983. The number of nitrogens with one attached hydrogen (secondary N) is 1. The van der Waals surface area contributed by atoms with E-state index in [2.05, 4.69) is 48.9 Å². The quantitative estimate of drug-likeness (QED) is 0.466. The third-order valence-corrected chi connectivity index (χ3v) is 7.25. The van der Waals surface area contributed by atoms with Gasteiger partial charge in [0.1, 0.15) is 10.9 Å². The Balaban J connectivity index is 1.66. The van der Waals surface area contributed by atoms with Gasteiger partial charge in [-0.25, -0.2) is 4.98 Å². The van der Waals surface area contributed by atoms with Crippen LogP contribution in [0.3, 0.4) is 0 Å². The Morgan fingerprint density at radius 2 is 2.00 bits per heavy atom. The van der Waals surface area contributed by atoms with Gasteiger partial charge in [0.05, 0.1) is 11.0 Å². The number of aryl methyl sites for hydroxylation is 1. The average Bonchev–Trinajstić information content (AvgIpc) is 3.15. The van der Waals surface area contributed by atoms with Crippen molar-refractivity contribution in [3.05, 3.63) is 56.4 Å². The number of aromatic amines is 1. The fourth-order valence-corrected chi connectivity index (χ4v) is 5.87. The maximum Gasteiger partial charge on any atom is 0.260 e. The van der Waals surface area contributed by atoms with Crippen LogP contribution in [0.25, 0.3) is 21.9 Å². The first-order valence-corrected chi connectivity index (χ1v) is 12.4. The standard InChI is InChI=1S/C26H30N4OS/c1-4-12-30(13-5-2)20-9-7-18(8-10-20)15-19(16-27)24-28-25(31)23-21-11-6-17(3)14-22(21)32-26(23)29-24/h7-10,15,17H,4-6,11-14H2,1-3H3,(H,28,29,31)/b19-15-. The van der Waals surface area contributed by atoms with E-state index in [0.717, 1.165) is 61.2 Å². The average molecular weight is 447 g/mol. The maximum atomic E-state index is 12.9. The van der Waals surface area contributed by atoms with Crippen molar-refractivity contribution in [2.45, 2.75) is 52.9 Å². The molecule has 1 aliphatic carbocycles. The molecule has 32 heavy (non-hydrogen) atoms. The summed E-state index contributed by atoms with van der Waals surface area (Å²) in [6.07, 6.45) is 7.05. The highest BCUT2D eigenvalue weighted by molar-refractivity contribution is 7.18. The number of rotatable bonds is 7. The molecule has 1 atom stereocenters. The molecule has 3 aromatic rings. The molecule has 0 bridgehead atoms. The van der Waals surface area contributed by atoms with E-state index in [-0.39, 0.29) is 5.56 Å². The summed E-state index contributed by atoms with van der Waals surface area (Å²) in [6, 6.07) is 10.5. The summed E-state index contributed by atoms with van der Waals surface area (Å²) in [5, 5.41) is 10.5. The molecule has 6 heteroatoms. The zero-order valence-corrected chi connectivity index (χ0v) is 19.9. The van der Waals surface area contributed by atoms with Crippen LogP contribution < -0.4 is 10.5 Å². The SMILES string of the molecule is CCCN(CCC)c1ccc(/C=C(/C#N)c2nc3sc4c(c3c(=O)[nH]2)CCC(C)C4)cc1. The number of hydrogen-bond donors (Lipinski definition) is 1. The normalized spacial score (nSPS) is 16.1. The van der Waals surface area contributed by atoms with Gasteiger partial charge in [0, 0.05) is 23.7 Å². The molecule has 0 spiro atoms. The van der Waals surface area contributed by atoms with Crippen molar-refractivity contribution in [3.63, 3.8) is 0 Å². The molecule has 0 radical (unpaired) electrons. The zero-order valence-electron chi connectivity index (χ0n) is 19.1. The highest BCUT2D eigenvalue weighted by Crippen LogP contribution is 2.36.